The fourth-order valence-corrected chi connectivity index (χ4v) is 21.9. The van der Waals surface area contributed by atoms with Gasteiger partial charge in [-0.1, -0.05) is 127 Å². The number of furan rings is 5. The van der Waals surface area contributed by atoms with E-state index in [0.717, 1.165) is 200 Å². The Morgan fingerprint density at radius 3 is 0.896 bits per heavy atom. The van der Waals surface area contributed by atoms with E-state index in [1.54, 1.807) is 12.4 Å². The van der Waals surface area contributed by atoms with Crippen LogP contribution >= 0.6 is 0 Å². The number of rotatable bonds is 12. The lowest BCUT2D eigenvalue weighted by Crippen LogP contribution is -2.32. The van der Waals surface area contributed by atoms with Crippen molar-refractivity contribution in [3.8, 4) is 56.3 Å². The van der Waals surface area contributed by atoms with Crippen molar-refractivity contribution in [2.75, 3.05) is 0 Å². The van der Waals surface area contributed by atoms with Gasteiger partial charge in [0.2, 0.25) is 57.0 Å². The fraction of sp³-hybridized carbons (Fsp3) is 0.333. The molecule has 3 saturated carbocycles. The van der Waals surface area contributed by atoms with E-state index in [-0.39, 0.29) is 5.56 Å². The molecule has 3 aliphatic rings. The molecule has 3 aliphatic carbocycles. The normalized spacial score (nSPS) is 14.5. The second-order valence-corrected chi connectivity index (χ2v) is 38.5. The number of hydrogen-bond acceptors (Lipinski definition) is 10. The predicted molar refractivity (Wildman–Crippen MR) is 549 cm³/mol. The lowest BCUT2D eigenvalue weighted by molar-refractivity contribution is -0.661. The van der Waals surface area contributed by atoms with Crippen molar-refractivity contribution in [2.45, 2.75) is 231 Å². The van der Waals surface area contributed by atoms with Crippen LogP contribution < -0.4 is 22.8 Å². The van der Waals surface area contributed by atoms with Crippen molar-refractivity contribution in [1.29, 1.82) is 0 Å². The van der Waals surface area contributed by atoms with E-state index in [0.29, 0.717) is 29.8 Å². The molecule has 0 atom stereocenters. The van der Waals surface area contributed by atoms with Crippen molar-refractivity contribution >= 4 is 110 Å². The van der Waals surface area contributed by atoms with Gasteiger partial charge < -0.3 is 22.1 Å². The first-order chi connectivity index (χ1) is 66.8. The number of pyridine rings is 10. The van der Waals surface area contributed by atoms with Crippen molar-refractivity contribution in [3.05, 3.63) is 295 Å². The molecule has 0 spiro atoms. The van der Waals surface area contributed by atoms with Crippen LogP contribution in [0.1, 0.15) is 234 Å². The topological polar surface area (TPSA) is 150 Å². The number of fused-ring (bicyclic) bond motifs is 15. The highest BCUT2D eigenvalue weighted by molar-refractivity contribution is 6.13. The third-order valence-electron chi connectivity index (χ3n) is 29.2. The fourth-order valence-electron chi connectivity index (χ4n) is 21.9. The molecule has 15 nitrogen and oxygen atoms in total. The summed E-state index contributed by atoms with van der Waals surface area (Å²) in [5.74, 6) is 0.562. The van der Waals surface area contributed by atoms with Gasteiger partial charge in [0.15, 0.2) is 58.9 Å². The largest absolute Gasteiger partial charge is 0.437 e. The Morgan fingerprint density at radius 2 is 0.570 bits per heavy atom. The van der Waals surface area contributed by atoms with Crippen LogP contribution in [0.25, 0.3) is 167 Å². The molecular weight excluding hydrogens is 1660 g/mol. The van der Waals surface area contributed by atoms with Gasteiger partial charge in [-0.05, 0) is 281 Å². The summed E-state index contributed by atoms with van der Waals surface area (Å²) >= 11 is 0. The first kappa shape index (κ1) is 85.8. The van der Waals surface area contributed by atoms with Crippen LogP contribution in [-0.2, 0) is 60.9 Å². The zero-order chi connectivity index (χ0) is 97.6. The van der Waals surface area contributed by atoms with E-state index in [4.69, 9.17) is 27.6 Å². The minimum absolute atomic E-state index is 0.271. The van der Waals surface area contributed by atoms with Gasteiger partial charge in [-0.2, -0.15) is 0 Å². The van der Waals surface area contributed by atoms with Crippen LogP contribution in [0, 0.1) is 83.0 Å². The summed E-state index contributed by atoms with van der Waals surface area (Å²) in [7, 11) is 10.4. The van der Waals surface area contributed by atoms with Gasteiger partial charge in [-0.3, -0.25) is 0 Å². The van der Waals surface area contributed by atoms with E-state index >= 15 is 0 Å². The highest BCUT2D eigenvalue weighted by Gasteiger charge is 2.33. The maximum atomic E-state index is 9.11. The molecule has 20 aromatic rings. The first-order valence-corrected chi connectivity index (χ1v) is 48.8. The van der Waals surface area contributed by atoms with Crippen molar-refractivity contribution in [1.82, 2.24) is 24.9 Å². The van der Waals surface area contributed by atoms with E-state index in [1.165, 1.54) is 152 Å². The summed E-state index contributed by atoms with van der Waals surface area (Å²) < 4.78 is 75.6. The van der Waals surface area contributed by atoms with Gasteiger partial charge in [0.1, 0.15) is 35.2 Å². The van der Waals surface area contributed by atoms with Crippen LogP contribution in [0.4, 0.5) is 0 Å². The van der Waals surface area contributed by atoms with E-state index in [9.17, 15) is 0 Å². The van der Waals surface area contributed by atoms with E-state index in [2.05, 4.69) is 287 Å². The molecule has 0 N–H and O–H groups in total. The predicted octanol–water partition coefficient (Wildman–Crippen LogP) is 28.3. The summed E-state index contributed by atoms with van der Waals surface area (Å²) in [6, 6.07) is 53.3. The molecule has 0 saturated heterocycles. The average molecular weight is 1800 g/mol. The molecule has 3 fully saturated rings. The highest BCUT2D eigenvalue weighted by atomic mass is 16.4. The Kier molecular flexibility index (Phi) is 23.8. The summed E-state index contributed by atoms with van der Waals surface area (Å²) in [5, 5.41) is 10.8. The molecule has 0 aliphatic heterocycles. The summed E-state index contributed by atoms with van der Waals surface area (Å²) in [5.41, 5.74) is 41.3. The van der Waals surface area contributed by atoms with Crippen LogP contribution in [0.3, 0.4) is 0 Å². The van der Waals surface area contributed by atoms with Crippen LogP contribution in [0.2, 0.25) is 0 Å². The molecule has 0 amide bonds. The molecule has 684 valence electrons. The van der Waals surface area contributed by atoms with Crippen molar-refractivity contribution < 1.29 is 50.4 Å². The second kappa shape index (κ2) is 37.5. The minimum atomic E-state index is -2.27. The highest BCUT2D eigenvalue weighted by Crippen LogP contribution is 2.47. The van der Waals surface area contributed by atoms with Crippen molar-refractivity contribution in [2.24, 2.45) is 35.2 Å². The molecule has 15 aromatic heterocycles. The van der Waals surface area contributed by atoms with Crippen LogP contribution in [0.15, 0.2) is 211 Å². The van der Waals surface area contributed by atoms with Crippen LogP contribution in [0.5, 0.6) is 0 Å². The third-order valence-corrected chi connectivity index (χ3v) is 29.2. The number of hydrogen-bond donors (Lipinski definition) is 0. The number of aromatic nitrogens is 10. The second-order valence-electron chi connectivity index (χ2n) is 38.5. The quantitative estimate of drug-likeness (QED) is 0.108. The molecule has 0 radical (unpaired) electrons. The molecule has 135 heavy (non-hydrogen) atoms. The summed E-state index contributed by atoms with van der Waals surface area (Å²) in [6.45, 7) is 29.7. The SMILES string of the molecule is CCc1cc(-c2c(C)ccc3c2oc2nc(C)ccc23)[n+](C)cc1CC.CCc1cc(-c2c(C)ccc3c2oc2ncccc23)[n+](C)cc1CC.Cc1ccc2c(n1)oc1c(-c3cc(C)c(C4CCCC4)c[n+]3C)c(C)ccc12.Cc1ccc2c(n1)oc1c(-c3cc(C)c(C4CCCC4)c[n+]3C)c(C)ccc12.[2H]C([2H])([2H])c1c[n+](C)c(-c2c(C)ccc3c2oc2nc(C)ccc23)cc1C1([2H])CCCC1. The minimum Gasteiger partial charge on any atom is -0.437 e. The van der Waals surface area contributed by atoms with Gasteiger partial charge >= 0.3 is 0 Å². The average Bonchev–Trinajstić information content (AvgIpc) is 1.53. The van der Waals surface area contributed by atoms with Crippen molar-refractivity contribution in [3.63, 3.8) is 0 Å². The first-order valence-electron chi connectivity index (χ1n) is 50.8. The maximum Gasteiger partial charge on any atom is 0.227 e. The molecule has 15 heteroatoms. The Hall–Kier alpha value is -13.4. The number of benzene rings is 5. The van der Waals surface area contributed by atoms with Gasteiger partial charge in [0, 0.05) is 146 Å². The molecular formula is C120H129N10O5+5. The third kappa shape index (κ3) is 17.0. The standard InChI is InChI=1S/3C25H27N2O.C23H25N2O.C22H23N2O/c1-15-9-11-19-20-12-10-17(3)26-25(20)28-24(19)23(15)22-13-21(16(2)14-27(22)4)18-7-5-6-8-18;2*1-15-9-11-19-20-12-10-17(3)26-25(20)28-24(19)23(15)22-13-16(2)21(14-27(22)4)18-7-5-6-8-18;1-6-16-12-20(25(5)13-17(16)7-2)21-14(3)8-10-18-19-11-9-15(4)24-23(19)26-22(18)21;1-5-15-12-19(24(4)13-16(15)6-2)20-14(3)9-10-17-18-8-7-11-23-22(18)25-21(17)20/h3*9-14,18H,5-8H2,1-4H3;8-13H,6-7H2,1-5H3;7-13H,5-6H2,1-4H3/q5*+1/i2D3,18D;;;;. The maximum absolute atomic E-state index is 9.11. The van der Waals surface area contributed by atoms with Gasteiger partial charge in [0.25, 0.3) is 0 Å². The molecule has 0 bridgehead atoms. The Bertz CT molecular complexity index is 8060. The lowest BCUT2D eigenvalue weighted by Gasteiger charge is -2.14. The Morgan fingerprint density at radius 1 is 0.289 bits per heavy atom. The zero-order valence-electron chi connectivity index (χ0n) is 86.4. The van der Waals surface area contributed by atoms with E-state index in [1.807, 2.05) is 76.6 Å². The molecule has 23 rings (SSSR count). The molecule has 0 unspecified atom stereocenters. The number of aryl methyl sites for hydroxylation is 21. The Balaban J connectivity index is 0.000000111. The monoisotopic (exact) mass is 1790 g/mol. The van der Waals surface area contributed by atoms with Gasteiger partial charge in [-0.15, -0.1) is 0 Å². The molecule has 5 aromatic carbocycles. The molecule has 15 heterocycles. The van der Waals surface area contributed by atoms with E-state index < -0.39 is 12.7 Å². The van der Waals surface area contributed by atoms with Gasteiger partial charge in [-0.25, -0.2) is 47.8 Å². The Labute approximate surface area is 798 Å². The lowest BCUT2D eigenvalue weighted by atomic mass is 9.91. The smallest absolute Gasteiger partial charge is 0.227 e. The van der Waals surface area contributed by atoms with Gasteiger partial charge in [0.05, 0.1) is 27.8 Å². The number of nitrogens with zero attached hydrogens (tertiary/aromatic N) is 10. The summed E-state index contributed by atoms with van der Waals surface area (Å²) in [6.07, 6.45) is 30.9. The zero-order valence-corrected chi connectivity index (χ0v) is 82.4. The van der Waals surface area contributed by atoms with Crippen LogP contribution in [-0.4, -0.2) is 24.9 Å². The summed E-state index contributed by atoms with van der Waals surface area (Å²) in [4.78, 5) is 22.8.